The first-order chi connectivity index (χ1) is 15.8. The van der Waals surface area contributed by atoms with Crippen LogP contribution in [0.1, 0.15) is 80.1 Å². The highest BCUT2D eigenvalue weighted by molar-refractivity contribution is 5.93. The van der Waals surface area contributed by atoms with Crippen molar-refractivity contribution in [3.63, 3.8) is 0 Å². The van der Waals surface area contributed by atoms with Gasteiger partial charge in [0.15, 0.2) is 0 Å². The number of carbonyl (C=O) groups is 1. The van der Waals surface area contributed by atoms with Gasteiger partial charge in [0.25, 0.3) is 5.91 Å². The van der Waals surface area contributed by atoms with Crippen LogP contribution in [-0.4, -0.2) is 17.0 Å². The standard InChI is InChI=1S/C29H36N2O/c32-29(27-19-11-4-12-20-27)30-31(23-25-15-7-2-8-16-25)28(26-17-9-3-10-18-26)22-21-24-13-5-1-6-14-24/h2,4,7-8,11-12,15-16,19-20,24,26,28H,1,3,5-6,9-10,13-14,17-18,23H2,(H,30,32). The van der Waals surface area contributed by atoms with E-state index in [0.717, 1.165) is 0 Å². The maximum absolute atomic E-state index is 13.1. The molecule has 0 spiro atoms. The molecule has 1 unspecified atom stereocenters. The molecule has 3 nitrogen and oxygen atoms in total. The van der Waals surface area contributed by atoms with E-state index in [1.165, 1.54) is 69.8 Å². The van der Waals surface area contributed by atoms with Crippen LogP contribution in [0.15, 0.2) is 60.7 Å². The molecule has 0 saturated heterocycles. The highest BCUT2D eigenvalue weighted by atomic mass is 16.2. The van der Waals surface area contributed by atoms with Gasteiger partial charge in [-0.2, -0.15) is 0 Å². The fraction of sp³-hybridized carbons (Fsp3) is 0.483. The van der Waals surface area contributed by atoms with Crippen LogP contribution in [-0.2, 0) is 6.54 Å². The van der Waals surface area contributed by atoms with E-state index < -0.39 is 0 Å². The van der Waals surface area contributed by atoms with Crippen LogP contribution in [0, 0.1) is 23.7 Å². The second-order valence-electron chi connectivity index (χ2n) is 9.39. The average Bonchev–Trinajstić information content (AvgIpc) is 2.86. The molecule has 2 aliphatic carbocycles. The Hall–Kier alpha value is -2.57. The molecular formula is C29H36N2O. The zero-order valence-corrected chi connectivity index (χ0v) is 19.1. The molecule has 1 amide bonds. The number of rotatable bonds is 6. The molecule has 0 radical (unpaired) electrons. The molecule has 0 aliphatic heterocycles. The van der Waals surface area contributed by atoms with E-state index in [1.54, 1.807) is 0 Å². The molecule has 0 heterocycles. The van der Waals surface area contributed by atoms with Crippen molar-refractivity contribution in [1.29, 1.82) is 0 Å². The van der Waals surface area contributed by atoms with Crippen LogP contribution in [0.2, 0.25) is 0 Å². The molecular weight excluding hydrogens is 392 g/mol. The van der Waals surface area contributed by atoms with Gasteiger partial charge in [0.05, 0.1) is 6.04 Å². The van der Waals surface area contributed by atoms with Crippen molar-refractivity contribution in [2.45, 2.75) is 76.8 Å². The van der Waals surface area contributed by atoms with Crippen molar-refractivity contribution >= 4 is 5.91 Å². The first kappa shape index (κ1) is 22.6. The quantitative estimate of drug-likeness (QED) is 0.428. The molecule has 0 aromatic heterocycles. The fourth-order valence-corrected chi connectivity index (χ4v) is 5.12. The zero-order valence-electron chi connectivity index (χ0n) is 19.1. The summed E-state index contributed by atoms with van der Waals surface area (Å²) in [6, 6.07) is 20.0. The lowest BCUT2D eigenvalue weighted by Gasteiger charge is -2.36. The molecule has 2 aromatic rings. The maximum Gasteiger partial charge on any atom is 0.265 e. The summed E-state index contributed by atoms with van der Waals surface area (Å²) in [5.41, 5.74) is 5.14. The number of hydrazine groups is 1. The molecule has 2 aliphatic rings. The van der Waals surface area contributed by atoms with Crippen LogP contribution in [0.5, 0.6) is 0 Å². The second-order valence-corrected chi connectivity index (χ2v) is 9.39. The lowest BCUT2D eigenvalue weighted by Crippen LogP contribution is -2.50. The number of nitrogens with zero attached hydrogens (tertiary/aromatic N) is 1. The van der Waals surface area contributed by atoms with Crippen LogP contribution in [0.25, 0.3) is 0 Å². The van der Waals surface area contributed by atoms with Crippen molar-refractivity contribution in [3.05, 3.63) is 71.8 Å². The van der Waals surface area contributed by atoms with E-state index in [-0.39, 0.29) is 11.9 Å². The fourth-order valence-electron chi connectivity index (χ4n) is 5.12. The van der Waals surface area contributed by atoms with Crippen molar-refractivity contribution < 1.29 is 4.79 Å². The van der Waals surface area contributed by atoms with Crippen LogP contribution in [0.3, 0.4) is 0 Å². The Morgan fingerprint density at radius 2 is 1.44 bits per heavy atom. The molecule has 2 aromatic carbocycles. The summed E-state index contributed by atoms with van der Waals surface area (Å²) in [6.45, 7) is 0.667. The summed E-state index contributed by atoms with van der Waals surface area (Å²) in [7, 11) is 0. The topological polar surface area (TPSA) is 32.3 Å². The molecule has 32 heavy (non-hydrogen) atoms. The Morgan fingerprint density at radius 1 is 0.844 bits per heavy atom. The molecule has 4 rings (SSSR count). The van der Waals surface area contributed by atoms with E-state index >= 15 is 0 Å². The van der Waals surface area contributed by atoms with Crippen LogP contribution < -0.4 is 5.43 Å². The summed E-state index contributed by atoms with van der Waals surface area (Å²) < 4.78 is 0. The van der Waals surface area contributed by atoms with Gasteiger partial charge in [0.1, 0.15) is 0 Å². The average molecular weight is 429 g/mol. The lowest BCUT2D eigenvalue weighted by molar-refractivity contribution is 0.0604. The maximum atomic E-state index is 13.1. The number of benzene rings is 2. The summed E-state index contributed by atoms with van der Waals surface area (Å²) in [5, 5.41) is 2.14. The highest BCUT2D eigenvalue weighted by Crippen LogP contribution is 2.30. The van der Waals surface area contributed by atoms with Gasteiger partial charge in [-0.3, -0.25) is 10.2 Å². The van der Waals surface area contributed by atoms with Gasteiger partial charge in [-0.25, -0.2) is 5.01 Å². The Morgan fingerprint density at radius 3 is 2.09 bits per heavy atom. The molecule has 3 heteroatoms. The molecule has 1 N–H and O–H groups in total. The van der Waals surface area contributed by atoms with E-state index in [0.29, 0.717) is 23.9 Å². The Kier molecular flexibility index (Phi) is 8.40. The van der Waals surface area contributed by atoms with E-state index in [9.17, 15) is 4.79 Å². The summed E-state index contributed by atoms with van der Waals surface area (Å²) in [5.74, 6) is 8.31. The third kappa shape index (κ3) is 6.47. The van der Waals surface area contributed by atoms with Crippen molar-refractivity contribution in [2.75, 3.05) is 0 Å². The van der Waals surface area contributed by atoms with Crippen LogP contribution in [0.4, 0.5) is 0 Å². The molecule has 0 bridgehead atoms. The molecule has 2 saturated carbocycles. The predicted octanol–water partition coefficient (Wildman–Crippen LogP) is 6.37. The number of nitrogens with one attached hydrogen (secondary N) is 1. The van der Waals surface area contributed by atoms with Gasteiger partial charge in [0.2, 0.25) is 0 Å². The van der Waals surface area contributed by atoms with Gasteiger partial charge in [-0.05, 0) is 49.3 Å². The Balaban J connectivity index is 1.61. The second kappa shape index (κ2) is 11.9. The van der Waals surface area contributed by atoms with Crippen molar-refractivity contribution in [3.8, 4) is 11.8 Å². The number of amides is 1. The monoisotopic (exact) mass is 428 g/mol. The van der Waals surface area contributed by atoms with Crippen molar-refractivity contribution in [1.82, 2.24) is 10.4 Å². The summed E-state index contributed by atoms with van der Waals surface area (Å²) in [4.78, 5) is 13.1. The molecule has 1 atom stereocenters. The van der Waals surface area contributed by atoms with E-state index in [1.807, 2.05) is 36.4 Å². The highest BCUT2D eigenvalue weighted by Gasteiger charge is 2.29. The number of hydrogen-bond donors (Lipinski definition) is 1. The Bertz CT molecular complexity index is 887. The zero-order chi connectivity index (χ0) is 22.0. The van der Waals surface area contributed by atoms with E-state index in [2.05, 4.69) is 46.5 Å². The minimum Gasteiger partial charge on any atom is -0.283 e. The minimum atomic E-state index is -0.0539. The third-order valence-corrected chi connectivity index (χ3v) is 6.95. The van der Waals surface area contributed by atoms with Gasteiger partial charge in [-0.15, -0.1) is 0 Å². The number of carbonyl (C=O) groups excluding carboxylic acids is 1. The first-order valence-corrected chi connectivity index (χ1v) is 12.5. The third-order valence-electron chi connectivity index (χ3n) is 6.95. The van der Waals surface area contributed by atoms with Gasteiger partial charge in [0, 0.05) is 18.0 Å². The van der Waals surface area contributed by atoms with Crippen molar-refractivity contribution in [2.24, 2.45) is 11.8 Å². The van der Waals surface area contributed by atoms with E-state index in [4.69, 9.17) is 0 Å². The minimum absolute atomic E-state index is 0.0464. The first-order valence-electron chi connectivity index (χ1n) is 12.5. The van der Waals surface area contributed by atoms with Crippen LogP contribution >= 0.6 is 0 Å². The number of hydrogen-bond acceptors (Lipinski definition) is 2. The van der Waals surface area contributed by atoms with Gasteiger partial charge >= 0.3 is 0 Å². The normalized spacial score (nSPS) is 18.5. The molecule has 168 valence electrons. The SMILES string of the molecule is O=C(NN(Cc1ccccc1)C(C#CC1CCCCC1)C1CCCCC1)c1ccccc1. The van der Waals surface area contributed by atoms with Gasteiger partial charge < -0.3 is 0 Å². The lowest BCUT2D eigenvalue weighted by atomic mass is 9.83. The van der Waals surface area contributed by atoms with Gasteiger partial charge in [-0.1, -0.05) is 98.9 Å². The summed E-state index contributed by atoms with van der Waals surface area (Å²) >= 11 is 0. The smallest absolute Gasteiger partial charge is 0.265 e. The predicted molar refractivity (Wildman–Crippen MR) is 131 cm³/mol. The molecule has 2 fully saturated rings. The Labute approximate surface area is 193 Å². The summed E-state index contributed by atoms with van der Waals surface area (Å²) in [6.07, 6.45) is 12.6. The largest absolute Gasteiger partial charge is 0.283 e.